The topological polar surface area (TPSA) is 115 Å². The van der Waals surface area contributed by atoms with E-state index in [9.17, 15) is 9.59 Å². The van der Waals surface area contributed by atoms with E-state index >= 15 is 0 Å². The summed E-state index contributed by atoms with van der Waals surface area (Å²) in [6.07, 6.45) is 0.823. The zero-order valence-corrected chi connectivity index (χ0v) is 21.9. The van der Waals surface area contributed by atoms with Gasteiger partial charge in [0.25, 0.3) is 0 Å². The number of hydrazone groups is 1. The van der Waals surface area contributed by atoms with Gasteiger partial charge in [-0.3, -0.25) is 4.79 Å². The molecule has 0 spiro atoms. The van der Waals surface area contributed by atoms with E-state index in [2.05, 4.69) is 20.8 Å². The van der Waals surface area contributed by atoms with Crippen LogP contribution < -0.4 is 15.5 Å². The fourth-order valence-corrected chi connectivity index (χ4v) is 5.38. The number of ether oxygens (including phenoxy) is 2. The van der Waals surface area contributed by atoms with E-state index in [1.54, 1.807) is 24.3 Å². The number of furan rings is 1. The Hall–Kier alpha value is -3.83. The summed E-state index contributed by atoms with van der Waals surface area (Å²) in [4.78, 5) is 29.0. The predicted molar refractivity (Wildman–Crippen MR) is 143 cm³/mol. The Morgan fingerprint density at radius 3 is 2.76 bits per heavy atom. The van der Waals surface area contributed by atoms with Crippen molar-refractivity contribution in [2.24, 2.45) is 5.10 Å². The smallest absolute Gasteiger partial charge is 0.407 e. The Morgan fingerprint density at radius 2 is 1.97 bits per heavy atom. The number of rotatable bonds is 11. The van der Waals surface area contributed by atoms with E-state index in [0.717, 1.165) is 25.9 Å². The maximum Gasteiger partial charge on any atom is 0.407 e. The van der Waals surface area contributed by atoms with Crippen molar-refractivity contribution in [1.29, 1.82) is 0 Å². The normalized spacial score (nSPS) is 11.9. The van der Waals surface area contributed by atoms with Gasteiger partial charge in [-0.15, -0.1) is 11.3 Å². The van der Waals surface area contributed by atoms with E-state index in [-0.39, 0.29) is 18.9 Å². The largest absolute Gasteiger partial charge is 0.494 e. The molecule has 37 heavy (non-hydrogen) atoms. The molecule has 2 aromatic carbocycles. The van der Waals surface area contributed by atoms with Gasteiger partial charge in [0.15, 0.2) is 9.43 Å². The molecule has 192 valence electrons. The maximum absolute atomic E-state index is 12.5. The zero-order chi connectivity index (χ0) is 26.0. The summed E-state index contributed by atoms with van der Waals surface area (Å²) in [5, 5.41) is 7.35. The van der Waals surface area contributed by atoms with Crippen molar-refractivity contribution in [2.45, 2.75) is 35.7 Å². The van der Waals surface area contributed by atoms with Gasteiger partial charge >= 0.3 is 6.09 Å². The highest BCUT2D eigenvalue weighted by molar-refractivity contribution is 8.01. The highest BCUT2D eigenvalue weighted by Crippen LogP contribution is 2.36. The summed E-state index contributed by atoms with van der Waals surface area (Å²) in [5.41, 5.74) is 4.16. The number of carbonyl (C=O) groups excluding carboxylic acids is 2. The molecule has 0 saturated carbocycles. The number of benzene rings is 2. The third kappa shape index (κ3) is 7.58. The van der Waals surface area contributed by atoms with Gasteiger partial charge in [-0.25, -0.2) is 15.2 Å². The van der Waals surface area contributed by atoms with Crippen LogP contribution in [0.4, 0.5) is 4.79 Å². The van der Waals surface area contributed by atoms with Crippen LogP contribution in [0.3, 0.4) is 0 Å². The molecule has 4 rings (SSSR count). The maximum atomic E-state index is 12.5. The molecule has 2 aromatic heterocycles. The third-order valence-corrected chi connectivity index (χ3v) is 6.98. The number of carbonyl (C=O) groups is 2. The molecule has 0 aliphatic rings. The van der Waals surface area contributed by atoms with Crippen LogP contribution in [0.5, 0.6) is 5.75 Å². The van der Waals surface area contributed by atoms with Crippen LogP contribution in [0.25, 0.3) is 10.2 Å². The molecule has 4 aromatic rings. The minimum Gasteiger partial charge on any atom is -0.494 e. The van der Waals surface area contributed by atoms with Crippen molar-refractivity contribution in [3.63, 3.8) is 0 Å². The number of alkyl carbamates (subject to hydrolysis) is 1. The van der Waals surface area contributed by atoms with Gasteiger partial charge in [0.05, 0.1) is 42.1 Å². The van der Waals surface area contributed by atoms with E-state index in [0.29, 0.717) is 17.5 Å². The molecule has 0 unspecified atom stereocenters. The van der Waals surface area contributed by atoms with Crippen LogP contribution in [0.15, 0.2) is 79.6 Å². The van der Waals surface area contributed by atoms with Crippen LogP contribution in [0, 0.1) is 0 Å². The fourth-order valence-electron chi connectivity index (χ4n) is 3.38. The van der Waals surface area contributed by atoms with Crippen molar-refractivity contribution in [2.75, 3.05) is 13.2 Å². The Labute approximate surface area is 222 Å². The van der Waals surface area contributed by atoms with Gasteiger partial charge in [0.2, 0.25) is 5.91 Å². The number of nitrogens with one attached hydrogen (secondary N) is 2. The monoisotopic (exact) mass is 538 g/mol. The van der Waals surface area contributed by atoms with Gasteiger partial charge in [-0.2, -0.15) is 5.10 Å². The van der Waals surface area contributed by atoms with Crippen molar-refractivity contribution in [3.05, 3.63) is 72.0 Å². The molecule has 2 heterocycles. The van der Waals surface area contributed by atoms with Gasteiger partial charge < -0.3 is 19.2 Å². The minimum atomic E-state index is -0.587. The molecule has 0 radical (unpaired) electrons. The lowest BCUT2D eigenvalue weighted by Gasteiger charge is -2.17. The molecule has 2 N–H and O–H groups in total. The van der Waals surface area contributed by atoms with Gasteiger partial charge in [-0.1, -0.05) is 30.3 Å². The van der Waals surface area contributed by atoms with Crippen molar-refractivity contribution >= 4 is 51.5 Å². The molecule has 11 heteroatoms. The molecule has 0 bridgehead atoms. The molecule has 0 aliphatic heterocycles. The number of hydrogen-bond acceptors (Lipinski definition) is 9. The van der Waals surface area contributed by atoms with Crippen LogP contribution in [-0.4, -0.2) is 36.4 Å². The molecule has 9 nitrogen and oxygen atoms in total. The molecule has 0 aliphatic carbocycles. The Morgan fingerprint density at radius 1 is 1.14 bits per heavy atom. The first-order valence-corrected chi connectivity index (χ1v) is 13.3. The lowest BCUT2D eigenvalue weighted by Crippen LogP contribution is -2.33. The number of amides is 2. The van der Waals surface area contributed by atoms with E-state index in [1.807, 2.05) is 61.5 Å². The average molecular weight is 539 g/mol. The van der Waals surface area contributed by atoms with E-state index < -0.39 is 12.1 Å². The lowest BCUT2D eigenvalue weighted by atomic mass is 10.0. The Balaban J connectivity index is 1.33. The highest BCUT2D eigenvalue weighted by atomic mass is 32.2. The first-order valence-electron chi connectivity index (χ1n) is 11.6. The number of fused-ring (bicyclic) bond motifs is 1. The molecular formula is C26H26N4O5S2. The second-order valence-electron chi connectivity index (χ2n) is 7.63. The molecular weight excluding hydrogens is 512 g/mol. The molecule has 0 fully saturated rings. The van der Waals surface area contributed by atoms with Crippen LogP contribution in [0.2, 0.25) is 0 Å². The van der Waals surface area contributed by atoms with E-state index in [1.165, 1.54) is 18.0 Å². The Kier molecular flexibility index (Phi) is 9.17. The zero-order valence-electron chi connectivity index (χ0n) is 20.3. The second kappa shape index (κ2) is 12.9. The fraction of sp³-hybridized carbons (Fsp3) is 0.231. The van der Waals surface area contributed by atoms with E-state index in [4.69, 9.17) is 13.9 Å². The summed E-state index contributed by atoms with van der Waals surface area (Å²) in [6, 6.07) is 18.0. The summed E-state index contributed by atoms with van der Waals surface area (Å²) in [5.74, 6) is 0.927. The summed E-state index contributed by atoms with van der Waals surface area (Å²) in [7, 11) is 0. The number of aromatic nitrogens is 1. The van der Waals surface area contributed by atoms with Crippen molar-refractivity contribution < 1.29 is 23.5 Å². The van der Waals surface area contributed by atoms with Crippen molar-refractivity contribution in [1.82, 2.24) is 15.7 Å². The first kappa shape index (κ1) is 26.2. The number of nitrogens with zero attached hydrogens (tertiary/aromatic N) is 2. The third-order valence-electron chi connectivity index (χ3n) is 4.98. The minimum absolute atomic E-state index is 0.0119. The predicted octanol–water partition coefficient (Wildman–Crippen LogP) is 5.77. The molecule has 1 atom stereocenters. The summed E-state index contributed by atoms with van der Waals surface area (Å²) >= 11 is 2.96. The average Bonchev–Trinajstić information content (AvgIpc) is 3.50. The van der Waals surface area contributed by atoms with Crippen LogP contribution in [-0.2, 0) is 9.53 Å². The second-order valence-corrected chi connectivity index (χ2v) is 9.91. The summed E-state index contributed by atoms with van der Waals surface area (Å²) < 4.78 is 18.2. The molecule has 2 amide bonds. The highest BCUT2D eigenvalue weighted by Gasteiger charge is 2.19. The van der Waals surface area contributed by atoms with Gasteiger partial charge in [0, 0.05) is 0 Å². The van der Waals surface area contributed by atoms with Gasteiger partial charge in [0.1, 0.15) is 11.5 Å². The SMILES string of the molecule is CCOC(=O)N[C@H](CC(=O)N/N=C\c1ccc(Sc2nc3ccc(OCC)cc3s2)o1)c1ccccc1. The summed E-state index contributed by atoms with van der Waals surface area (Å²) in [6.45, 7) is 4.52. The molecule has 0 saturated heterocycles. The van der Waals surface area contributed by atoms with Crippen LogP contribution in [0.1, 0.15) is 37.6 Å². The van der Waals surface area contributed by atoms with Gasteiger partial charge in [-0.05, 0) is 61.5 Å². The van der Waals surface area contributed by atoms with Crippen LogP contribution >= 0.6 is 23.1 Å². The quantitative estimate of drug-likeness (QED) is 0.184. The lowest BCUT2D eigenvalue weighted by molar-refractivity contribution is -0.121. The first-order chi connectivity index (χ1) is 18.0. The van der Waals surface area contributed by atoms with Crippen molar-refractivity contribution in [3.8, 4) is 5.75 Å². The number of hydrogen-bond donors (Lipinski definition) is 2. The number of thiazole rings is 1. The standard InChI is InChI=1S/C26H26N4O5S2/c1-3-33-18-10-12-20-22(14-18)36-26(29-20)37-24-13-11-19(35-24)16-27-30-23(31)15-21(28-25(32)34-4-2)17-8-6-5-7-9-17/h5-14,16,21H,3-4,15H2,1-2H3,(H,28,32)(H,30,31)/b27-16-/t21-/m1/s1. The Bertz CT molecular complexity index is 1370.